The molecule has 29 heavy (non-hydrogen) atoms. The fourth-order valence-electron chi connectivity index (χ4n) is 3.67. The first-order valence-electron chi connectivity index (χ1n) is 10.1. The normalized spacial score (nSPS) is 14.9. The van der Waals surface area contributed by atoms with Crippen LogP contribution in [-0.2, 0) is 6.54 Å². The molecular weight excluding hydrogens is 366 g/mol. The lowest BCUT2D eigenvalue weighted by Gasteiger charge is -2.23. The van der Waals surface area contributed by atoms with Gasteiger partial charge in [-0.3, -0.25) is 0 Å². The Labute approximate surface area is 168 Å². The molecule has 0 saturated heterocycles. The van der Waals surface area contributed by atoms with E-state index in [1.807, 2.05) is 30.3 Å². The van der Waals surface area contributed by atoms with Gasteiger partial charge < -0.3 is 15.1 Å². The summed E-state index contributed by atoms with van der Waals surface area (Å²) < 4.78 is 7.12. The van der Waals surface area contributed by atoms with Gasteiger partial charge in [-0.2, -0.15) is 19.5 Å². The topological polar surface area (TPSA) is 93.2 Å². The Morgan fingerprint density at radius 3 is 2.62 bits per heavy atom. The predicted molar refractivity (Wildman–Crippen MR) is 111 cm³/mol. The van der Waals surface area contributed by atoms with Crippen molar-refractivity contribution >= 4 is 17.7 Å². The van der Waals surface area contributed by atoms with E-state index >= 15 is 0 Å². The molecule has 4 aromatic rings. The maximum Gasteiger partial charge on any atom is 0.259 e. The summed E-state index contributed by atoms with van der Waals surface area (Å²) >= 11 is 0. The van der Waals surface area contributed by atoms with Crippen LogP contribution < -0.4 is 10.6 Å². The van der Waals surface area contributed by atoms with Gasteiger partial charge in [-0.05, 0) is 30.5 Å². The summed E-state index contributed by atoms with van der Waals surface area (Å²) in [5, 5.41) is 11.4. The van der Waals surface area contributed by atoms with Crippen LogP contribution in [0, 0.1) is 0 Å². The van der Waals surface area contributed by atoms with Crippen LogP contribution in [-0.4, -0.2) is 30.6 Å². The summed E-state index contributed by atoms with van der Waals surface area (Å²) in [7, 11) is 0. The number of anilines is 2. The van der Waals surface area contributed by atoms with Gasteiger partial charge in [-0.15, -0.1) is 5.10 Å². The summed E-state index contributed by atoms with van der Waals surface area (Å²) in [5.74, 6) is 2.77. The van der Waals surface area contributed by atoms with Gasteiger partial charge in [0.1, 0.15) is 0 Å². The monoisotopic (exact) mass is 389 g/mol. The van der Waals surface area contributed by atoms with Crippen molar-refractivity contribution in [2.45, 2.75) is 44.7 Å². The molecule has 8 heteroatoms. The second-order valence-corrected chi connectivity index (χ2v) is 7.31. The minimum atomic E-state index is 0.389. The highest BCUT2D eigenvalue weighted by Gasteiger charge is 2.19. The molecule has 3 heterocycles. The van der Waals surface area contributed by atoms with Crippen LogP contribution in [0.25, 0.3) is 17.4 Å². The summed E-state index contributed by atoms with van der Waals surface area (Å²) in [4.78, 5) is 13.8. The molecule has 1 aromatic carbocycles. The van der Waals surface area contributed by atoms with Gasteiger partial charge in [0.15, 0.2) is 5.76 Å². The number of rotatable bonds is 6. The molecule has 0 amide bonds. The van der Waals surface area contributed by atoms with Crippen LogP contribution in [0.15, 0.2) is 53.1 Å². The number of hydrogen-bond donors (Lipinski definition) is 2. The minimum Gasteiger partial charge on any atom is -0.461 e. The van der Waals surface area contributed by atoms with Crippen molar-refractivity contribution in [1.82, 2.24) is 24.6 Å². The van der Waals surface area contributed by atoms with Crippen LogP contribution in [0.3, 0.4) is 0 Å². The zero-order valence-corrected chi connectivity index (χ0v) is 16.1. The lowest BCUT2D eigenvalue weighted by molar-refractivity contribution is 0.460. The third-order valence-corrected chi connectivity index (χ3v) is 5.18. The maximum absolute atomic E-state index is 5.45. The molecule has 1 aliphatic rings. The van der Waals surface area contributed by atoms with E-state index in [2.05, 4.69) is 37.8 Å². The number of nitrogens with zero attached hydrogens (tertiary/aromatic N) is 5. The van der Waals surface area contributed by atoms with Crippen molar-refractivity contribution in [1.29, 1.82) is 0 Å². The van der Waals surface area contributed by atoms with E-state index < -0.39 is 0 Å². The lowest BCUT2D eigenvalue weighted by Crippen LogP contribution is -2.25. The second-order valence-electron chi connectivity index (χ2n) is 7.31. The maximum atomic E-state index is 5.45. The Morgan fingerprint density at radius 1 is 0.966 bits per heavy atom. The van der Waals surface area contributed by atoms with Gasteiger partial charge in [0.2, 0.25) is 17.7 Å². The Hall–Kier alpha value is -3.42. The fraction of sp³-hybridized carbons (Fsp3) is 0.333. The molecule has 2 N–H and O–H groups in total. The lowest BCUT2D eigenvalue weighted by atomic mass is 9.96. The van der Waals surface area contributed by atoms with E-state index in [0.29, 0.717) is 41.8 Å². The molecule has 1 aliphatic carbocycles. The zero-order chi connectivity index (χ0) is 19.5. The predicted octanol–water partition coefficient (Wildman–Crippen LogP) is 4.14. The minimum absolute atomic E-state index is 0.389. The number of aromatic nitrogens is 5. The average Bonchev–Trinajstić information content (AvgIpc) is 3.44. The molecule has 3 aromatic heterocycles. The quantitative estimate of drug-likeness (QED) is 0.512. The fourth-order valence-corrected chi connectivity index (χ4v) is 3.67. The second kappa shape index (κ2) is 7.90. The number of furan rings is 1. The van der Waals surface area contributed by atoms with Crippen LogP contribution in [0.2, 0.25) is 0 Å². The molecule has 148 valence electrons. The molecule has 0 atom stereocenters. The third kappa shape index (κ3) is 3.91. The molecule has 5 rings (SSSR count). The highest BCUT2D eigenvalue weighted by Crippen LogP contribution is 2.23. The van der Waals surface area contributed by atoms with Gasteiger partial charge in [0, 0.05) is 12.6 Å². The molecule has 1 saturated carbocycles. The molecule has 0 aliphatic heterocycles. The van der Waals surface area contributed by atoms with Crippen molar-refractivity contribution in [2.24, 2.45) is 0 Å². The van der Waals surface area contributed by atoms with Gasteiger partial charge in [0.25, 0.3) is 5.78 Å². The van der Waals surface area contributed by atoms with E-state index in [9.17, 15) is 0 Å². The summed E-state index contributed by atoms with van der Waals surface area (Å²) in [6.45, 7) is 0.638. The first-order chi connectivity index (χ1) is 14.3. The molecule has 1 fully saturated rings. The number of benzene rings is 1. The van der Waals surface area contributed by atoms with E-state index in [0.717, 1.165) is 18.4 Å². The molecule has 0 radical (unpaired) electrons. The summed E-state index contributed by atoms with van der Waals surface area (Å²) in [6, 6.07) is 14.2. The van der Waals surface area contributed by atoms with Crippen molar-refractivity contribution in [3.05, 3.63) is 54.3 Å². The highest BCUT2D eigenvalue weighted by molar-refractivity contribution is 5.53. The molecule has 8 nitrogen and oxygen atoms in total. The van der Waals surface area contributed by atoms with Gasteiger partial charge in [-0.1, -0.05) is 49.6 Å². The number of nitrogens with one attached hydrogen (secondary N) is 2. The van der Waals surface area contributed by atoms with Crippen LogP contribution in [0.1, 0.15) is 37.7 Å². The number of fused-ring (bicyclic) bond motifs is 1. The third-order valence-electron chi connectivity index (χ3n) is 5.18. The Morgan fingerprint density at radius 2 is 1.83 bits per heavy atom. The van der Waals surface area contributed by atoms with Crippen molar-refractivity contribution in [2.75, 3.05) is 10.6 Å². The van der Waals surface area contributed by atoms with E-state index in [4.69, 9.17) is 9.40 Å². The highest BCUT2D eigenvalue weighted by atomic mass is 16.3. The van der Waals surface area contributed by atoms with Gasteiger partial charge in [-0.25, -0.2) is 0 Å². The van der Waals surface area contributed by atoms with Gasteiger partial charge >= 0.3 is 0 Å². The number of hydrogen-bond acceptors (Lipinski definition) is 7. The van der Waals surface area contributed by atoms with Gasteiger partial charge in [0.05, 0.1) is 6.26 Å². The van der Waals surface area contributed by atoms with E-state index in [1.54, 1.807) is 10.8 Å². The molecular formula is C21H23N7O. The Balaban J connectivity index is 1.47. The van der Waals surface area contributed by atoms with Crippen molar-refractivity contribution < 1.29 is 4.42 Å². The van der Waals surface area contributed by atoms with Crippen molar-refractivity contribution in [3.63, 3.8) is 0 Å². The Bertz CT molecular complexity index is 1070. The van der Waals surface area contributed by atoms with E-state index in [1.165, 1.54) is 19.3 Å². The van der Waals surface area contributed by atoms with Crippen LogP contribution in [0.5, 0.6) is 0 Å². The average molecular weight is 389 g/mol. The first kappa shape index (κ1) is 17.7. The largest absolute Gasteiger partial charge is 0.461 e. The van der Waals surface area contributed by atoms with Crippen molar-refractivity contribution in [3.8, 4) is 11.6 Å². The summed E-state index contributed by atoms with van der Waals surface area (Å²) in [6.07, 6.45) is 7.66. The SMILES string of the molecule is c1ccc(CNc2nc(NC3CCCCC3)n3nc(-c4ccco4)nc3n2)cc1. The smallest absolute Gasteiger partial charge is 0.259 e. The van der Waals surface area contributed by atoms with Crippen LogP contribution in [0.4, 0.5) is 11.9 Å². The summed E-state index contributed by atoms with van der Waals surface area (Å²) in [5.41, 5.74) is 1.16. The standard InChI is InChI=1S/C21H23N7O/c1-3-8-15(9-4-1)14-22-19-25-20(23-16-10-5-2-6-11-16)28-21(26-19)24-18(27-28)17-12-7-13-29-17/h1,3-4,7-9,12-13,16H,2,5-6,10-11,14H2,(H2,22,23,24,25,26,27). The molecule has 0 spiro atoms. The van der Waals surface area contributed by atoms with E-state index in [-0.39, 0.29) is 0 Å². The first-order valence-corrected chi connectivity index (χ1v) is 10.1. The zero-order valence-electron chi connectivity index (χ0n) is 16.1. The van der Waals surface area contributed by atoms with Crippen LogP contribution >= 0.6 is 0 Å². The molecule has 0 unspecified atom stereocenters. The molecule has 0 bridgehead atoms. The Kier molecular flexibility index (Phi) is 4.81.